The van der Waals surface area contributed by atoms with Gasteiger partial charge in [0.25, 0.3) is 0 Å². The molecule has 70 valence electrons. The smallest absolute Gasteiger partial charge is 0.188 e. The number of benzene rings is 1. The highest BCUT2D eigenvalue weighted by Crippen LogP contribution is 2.19. The molecule has 1 rings (SSSR count). The second-order valence-corrected chi connectivity index (χ2v) is 2.59. The Morgan fingerprint density at radius 1 is 1.31 bits per heavy atom. The monoisotopic (exact) mass is 178 g/mol. The van der Waals surface area contributed by atoms with E-state index in [1.807, 2.05) is 43.3 Å². The number of hydrogen-bond donors (Lipinski definition) is 0. The molecule has 0 heterocycles. The fourth-order valence-electron chi connectivity index (χ4n) is 1.05. The lowest BCUT2D eigenvalue weighted by atomic mass is 10.2. The van der Waals surface area contributed by atoms with E-state index in [0.29, 0.717) is 0 Å². The van der Waals surface area contributed by atoms with Crippen LogP contribution in [0.3, 0.4) is 0 Å². The van der Waals surface area contributed by atoms with E-state index in [0.717, 1.165) is 11.3 Å². The van der Waals surface area contributed by atoms with Gasteiger partial charge in [-0.15, -0.1) is 0 Å². The molecule has 0 saturated carbocycles. The Labute approximate surface area is 78.8 Å². The summed E-state index contributed by atoms with van der Waals surface area (Å²) in [5.41, 5.74) is 1.07. The second-order valence-electron chi connectivity index (χ2n) is 2.59. The van der Waals surface area contributed by atoms with E-state index >= 15 is 0 Å². The maximum atomic E-state index is 5.37. The minimum absolute atomic E-state index is 0.286. The second kappa shape index (κ2) is 5.38. The lowest BCUT2D eigenvalue weighted by Crippen LogP contribution is -1.99. The van der Waals surface area contributed by atoms with Crippen molar-refractivity contribution in [1.82, 2.24) is 0 Å². The van der Waals surface area contributed by atoms with Gasteiger partial charge in [-0.25, -0.2) is 0 Å². The third kappa shape index (κ3) is 2.92. The van der Waals surface area contributed by atoms with Crippen LogP contribution in [0.25, 0.3) is 6.08 Å². The van der Waals surface area contributed by atoms with E-state index in [-0.39, 0.29) is 6.79 Å². The van der Waals surface area contributed by atoms with E-state index in [9.17, 15) is 0 Å². The molecule has 0 N–H and O–H groups in total. The van der Waals surface area contributed by atoms with Gasteiger partial charge in [-0.2, -0.15) is 0 Å². The van der Waals surface area contributed by atoms with E-state index in [1.165, 1.54) is 0 Å². The third-order valence-corrected chi connectivity index (χ3v) is 1.60. The molecule has 0 aliphatic heterocycles. The van der Waals surface area contributed by atoms with Gasteiger partial charge in [0.1, 0.15) is 5.75 Å². The summed E-state index contributed by atoms with van der Waals surface area (Å²) in [5, 5.41) is 0. The first-order valence-corrected chi connectivity index (χ1v) is 4.22. The highest BCUT2D eigenvalue weighted by molar-refractivity contribution is 5.56. The van der Waals surface area contributed by atoms with Crippen LogP contribution in [-0.4, -0.2) is 13.9 Å². The molecule has 0 aliphatic carbocycles. The van der Waals surface area contributed by atoms with Crippen LogP contribution in [0.4, 0.5) is 0 Å². The van der Waals surface area contributed by atoms with Crippen LogP contribution < -0.4 is 4.74 Å². The van der Waals surface area contributed by atoms with E-state index in [1.54, 1.807) is 7.11 Å². The Kier molecular flexibility index (Phi) is 4.06. The van der Waals surface area contributed by atoms with Gasteiger partial charge in [0.15, 0.2) is 6.79 Å². The van der Waals surface area contributed by atoms with Gasteiger partial charge in [0, 0.05) is 12.7 Å². The average Bonchev–Trinajstić information content (AvgIpc) is 2.17. The molecule has 13 heavy (non-hydrogen) atoms. The number of para-hydroxylation sites is 1. The van der Waals surface area contributed by atoms with Gasteiger partial charge in [-0.3, -0.25) is 0 Å². The molecule has 0 bridgehead atoms. The summed E-state index contributed by atoms with van der Waals surface area (Å²) < 4.78 is 10.2. The molecule has 0 fully saturated rings. The molecular weight excluding hydrogens is 164 g/mol. The van der Waals surface area contributed by atoms with Crippen molar-refractivity contribution in [2.24, 2.45) is 0 Å². The average molecular weight is 178 g/mol. The molecule has 0 amide bonds. The predicted octanol–water partition coefficient (Wildman–Crippen LogP) is 2.70. The van der Waals surface area contributed by atoms with Crippen LogP contribution in [-0.2, 0) is 4.74 Å². The standard InChI is InChI=1S/C11H14O2/c1-3-6-10-7-4-5-8-11(10)13-9-12-2/h3-8H,9H2,1-2H3/b6-3+. The van der Waals surface area contributed by atoms with Crippen LogP contribution in [0.1, 0.15) is 12.5 Å². The summed E-state index contributed by atoms with van der Waals surface area (Å²) in [6.07, 6.45) is 3.99. The Morgan fingerprint density at radius 3 is 2.77 bits per heavy atom. The van der Waals surface area contributed by atoms with Crippen LogP contribution >= 0.6 is 0 Å². The minimum Gasteiger partial charge on any atom is -0.467 e. The molecular formula is C11H14O2. The molecule has 1 aromatic rings. The zero-order valence-electron chi connectivity index (χ0n) is 7.99. The molecule has 0 radical (unpaired) electrons. The maximum absolute atomic E-state index is 5.37. The first-order chi connectivity index (χ1) is 6.38. The summed E-state index contributed by atoms with van der Waals surface area (Å²) in [6.45, 7) is 2.27. The molecule has 0 unspecified atom stereocenters. The number of allylic oxidation sites excluding steroid dienone is 1. The van der Waals surface area contributed by atoms with Crippen molar-refractivity contribution in [2.75, 3.05) is 13.9 Å². The lowest BCUT2D eigenvalue weighted by Gasteiger charge is -2.07. The molecule has 1 aromatic carbocycles. The van der Waals surface area contributed by atoms with Crippen molar-refractivity contribution in [2.45, 2.75) is 6.92 Å². The van der Waals surface area contributed by atoms with Crippen molar-refractivity contribution in [3.05, 3.63) is 35.9 Å². The highest BCUT2D eigenvalue weighted by atomic mass is 16.7. The number of rotatable bonds is 4. The molecule has 0 atom stereocenters. The summed E-state index contributed by atoms with van der Waals surface area (Å²) in [6, 6.07) is 7.85. The molecule has 0 aromatic heterocycles. The molecule has 0 spiro atoms. The number of ether oxygens (including phenoxy) is 2. The van der Waals surface area contributed by atoms with Gasteiger partial charge in [-0.1, -0.05) is 30.4 Å². The van der Waals surface area contributed by atoms with Crippen molar-refractivity contribution in [3.63, 3.8) is 0 Å². The quantitative estimate of drug-likeness (QED) is 0.660. The lowest BCUT2D eigenvalue weighted by molar-refractivity contribution is 0.0510. The Hall–Kier alpha value is -1.28. The molecule has 2 nitrogen and oxygen atoms in total. The first kappa shape index (κ1) is 9.81. The van der Waals surface area contributed by atoms with Gasteiger partial charge in [-0.05, 0) is 13.0 Å². The normalized spacial score (nSPS) is 10.6. The van der Waals surface area contributed by atoms with Gasteiger partial charge in [0.2, 0.25) is 0 Å². The zero-order chi connectivity index (χ0) is 9.52. The Morgan fingerprint density at radius 2 is 2.08 bits per heavy atom. The van der Waals surface area contributed by atoms with E-state index in [4.69, 9.17) is 9.47 Å². The van der Waals surface area contributed by atoms with Crippen molar-refractivity contribution >= 4 is 6.08 Å². The van der Waals surface area contributed by atoms with E-state index < -0.39 is 0 Å². The maximum Gasteiger partial charge on any atom is 0.188 e. The molecule has 0 saturated heterocycles. The third-order valence-electron chi connectivity index (χ3n) is 1.60. The fraction of sp³-hybridized carbons (Fsp3) is 0.273. The SMILES string of the molecule is C/C=C/c1ccccc1OCOC. The Balaban J connectivity index is 2.78. The van der Waals surface area contributed by atoms with Crippen LogP contribution in [0, 0.1) is 0 Å². The number of hydrogen-bond acceptors (Lipinski definition) is 2. The van der Waals surface area contributed by atoms with Crippen molar-refractivity contribution < 1.29 is 9.47 Å². The van der Waals surface area contributed by atoms with E-state index in [2.05, 4.69) is 0 Å². The molecule has 0 aliphatic rings. The first-order valence-electron chi connectivity index (χ1n) is 4.22. The summed E-state index contributed by atoms with van der Waals surface area (Å²) in [7, 11) is 1.61. The Bertz CT molecular complexity index is 279. The van der Waals surface area contributed by atoms with Gasteiger partial charge < -0.3 is 9.47 Å². The fourth-order valence-corrected chi connectivity index (χ4v) is 1.05. The largest absolute Gasteiger partial charge is 0.467 e. The summed E-state index contributed by atoms with van der Waals surface area (Å²) in [5.74, 6) is 0.849. The van der Waals surface area contributed by atoms with Crippen LogP contribution in [0.2, 0.25) is 0 Å². The predicted molar refractivity (Wildman–Crippen MR) is 53.7 cm³/mol. The number of methoxy groups -OCH3 is 1. The minimum atomic E-state index is 0.286. The summed E-state index contributed by atoms with van der Waals surface area (Å²) in [4.78, 5) is 0. The van der Waals surface area contributed by atoms with Gasteiger partial charge in [0.05, 0.1) is 0 Å². The molecule has 2 heteroatoms. The van der Waals surface area contributed by atoms with Gasteiger partial charge >= 0.3 is 0 Å². The topological polar surface area (TPSA) is 18.5 Å². The van der Waals surface area contributed by atoms with Crippen molar-refractivity contribution in [3.8, 4) is 5.75 Å². The van der Waals surface area contributed by atoms with Crippen LogP contribution in [0.5, 0.6) is 5.75 Å². The summed E-state index contributed by atoms with van der Waals surface area (Å²) >= 11 is 0. The highest BCUT2D eigenvalue weighted by Gasteiger charge is 1.97. The van der Waals surface area contributed by atoms with Crippen LogP contribution in [0.15, 0.2) is 30.3 Å². The zero-order valence-corrected chi connectivity index (χ0v) is 7.99. The van der Waals surface area contributed by atoms with Crippen molar-refractivity contribution in [1.29, 1.82) is 0 Å².